The summed E-state index contributed by atoms with van der Waals surface area (Å²) in [5, 5.41) is 13.1. The van der Waals surface area contributed by atoms with Crippen LogP contribution in [-0.4, -0.2) is 24.9 Å². The van der Waals surface area contributed by atoms with E-state index in [1.807, 2.05) is 13.0 Å². The molecule has 0 bridgehead atoms. The van der Waals surface area contributed by atoms with Crippen molar-refractivity contribution < 1.29 is 14.2 Å². The first-order valence-electron chi connectivity index (χ1n) is 7.35. The number of nitrogens with one attached hydrogen (secondary N) is 1. The number of rotatable bonds is 5. The lowest BCUT2D eigenvalue weighted by molar-refractivity contribution is 0.0998. The highest BCUT2D eigenvalue weighted by Gasteiger charge is 2.20. The van der Waals surface area contributed by atoms with Crippen molar-refractivity contribution in [2.75, 3.05) is 13.7 Å². The van der Waals surface area contributed by atoms with Crippen LogP contribution in [0.15, 0.2) is 18.2 Å². The fraction of sp³-hybridized carbons (Fsp3) is 0.625. The Hall–Kier alpha value is -1.13. The van der Waals surface area contributed by atoms with E-state index >= 15 is 0 Å². The minimum absolute atomic E-state index is 0.0921. The molecule has 20 heavy (non-hydrogen) atoms. The van der Waals surface area contributed by atoms with Crippen LogP contribution in [0, 0.1) is 11.7 Å². The van der Waals surface area contributed by atoms with Gasteiger partial charge in [-0.15, -0.1) is 0 Å². The van der Waals surface area contributed by atoms with E-state index in [0.29, 0.717) is 5.92 Å². The molecule has 112 valence electrons. The minimum atomic E-state index is -0.327. The maximum absolute atomic E-state index is 13.7. The predicted octanol–water partition coefficient (Wildman–Crippen LogP) is 3.04. The van der Waals surface area contributed by atoms with Gasteiger partial charge in [0.15, 0.2) is 11.6 Å². The SMILES string of the molecule is COc1ccc(C(C)NCC2CCCC(O)C2)cc1F. The third kappa shape index (κ3) is 3.93. The highest BCUT2D eigenvalue weighted by atomic mass is 19.1. The van der Waals surface area contributed by atoms with Crippen molar-refractivity contribution in [2.45, 2.75) is 44.8 Å². The van der Waals surface area contributed by atoms with Gasteiger partial charge in [0.1, 0.15) is 0 Å². The van der Waals surface area contributed by atoms with Gasteiger partial charge in [0.2, 0.25) is 0 Å². The van der Waals surface area contributed by atoms with E-state index in [1.54, 1.807) is 6.07 Å². The molecule has 1 saturated carbocycles. The number of benzene rings is 1. The summed E-state index contributed by atoms with van der Waals surface area (Å²) < 4.78 is 18.6. The molecule has 1 aromatic rings. The van der Waals surface area contributed by atoms with Crippen LogP contribution in [0.3, 0.4) is 0 Å². The Labute approximate surface area is 120 Å². The van der Waals surface area contributed by atoms with Crippen molar-refractivity contribution >= 4 is 0 Å². The molecule has 0 aromatic heterocycles. The molecule has 2 N–H and O–H groups in total. The highest BCUT2D eigenvalue weighted by Crippen LogP contribution is 2.25. The fourth-order valence-electron chi connectivity index (χ4n) is 2.86. The normalized spacial score (nSPS) is 24.4. The molecular weight excluding hydrogens is 257 g/mol. The Morgan fingerprint density at radius 3 is 2.90 bits per heavy atom. The van der Waals surface area contributed by atoms with Crippen molar-refractivity contribution in [1.82, 2.24) is 5.32 Å². The van der Waals surface area contributed by atoms with Gasteiger partial charge >= 0.3 is 0 Å². The first-order chi connectivity index (χ1) is 9.60. The second-order valence-corrected chi connectivity index (χ2v) is 5.71. The van der Waals surface area contributed by atoms with Crippen LogP contribution < -0.4 is 10.1 Å². The molecule has 2 rings (SSSR count). The van der Waals surface area contributed by atoms with Crippen molar-refractivity contribution in [3.05, 3.63) is 29.6 Å². The topological polar surface area (TPSA) is 41.5 Å². The van der Waals surface area contributed by atoms with Crippen LogP contribution >= 0.6 is 0 Å². The summed E-state index contributed by atoms with van der Waals surface area (Å²) in [6.45, 7) is 2.90. The van der Waals surface area contributed by atoms with Crippen LogP contribution in [0.25, 0.3) is 0 Å². The van der Waals surface area contributed by atoms with Crippen LogP contribution in [0.5, 0.6) is 5.75 Å². The predicted molar refractivity (Wildman–Crippen MR) is 77.3 cm³/mol. The average molecular weight is 281 g/mol. The largest absolute Gasteiger partial charge is 0.494 e. The van der Waals surface area contributed by atoms with E-state index < -0.39 is 0 Å². The molecule has 1 aliphatic rings. The lowest BCUT2D eigenvalue weighted by Gasteiger charge is -2.27. The molecule has 1 fully saturated rings. The van der Waals surface area contributed by atoms with Gasteiger partial charge in [-0.25, -0.2) is 4.39 Å². The van der Waals surface area contributed by atoms with Crippen molar-refractivity contribution in [3.63, 3.8) is 0 Å². The number of halogens is 1. The molecule has 0 aliphatic heterocycles. The second-order valence-electron chi connectivity index (χ2n) is 5.71. The summed E-state index contributed by atoms with van der Waals surface area (Å²) >= 11 is 0. The van der Waals surface area contributed by atoms with Crippen molar-refractivity contribution in [3.8, 4) is 5.75 Å². The Balaban J connectivity index is 1.88. The molecule has 1 aromatic carbocycles. The van der Waals surface area contributed by atoms with Crippen LogP contribution in [0.2, 0.25) is 0 Å². The minimum Gasteiger partial charge on any atom is -0.494 e. The first-order valence-corrected chi connectivity index (χ1v) is 7.35. The molecule has 0 amide bonds. The number of hydrogen-bond acceptors (Lipinski definition) is 3. The molecule has 0 radical (unpaired) electrons. The zero-order chi connectivity index (χ0) is 14.5. The van der Waals surface area contributed by atoms with E-state index in [4.69, 9.17) is 4.74 Å². The van der Waals surface area contributed by atoms with Gasteiger partial charge in [0.05, 0.1) is 13.2 Å². The van der Waals surface area contributed by atoms with E-state index in [2.05, 4.69) is 5.32 Å². The summed E-state index contributed by atoms with van der Waals surface area (Å²) in [6.07, 6.45) is 3.91. The van der Waals surface area contributed by atoms with Gasteiger partial charge in [0, 0.05) is 6.04 Å². The van der Waals surface area contributed by atoms with E-state index in [1.165, 1.54) is 13.2 Å². The molecule has 0 saturated heterocycles. The Morgan fingerprint density at radius 2 is 2.25 bits per heavy atom. The summed E-state index contributed by atoms with van der Waals surface area (Å²) in [7, 11) is 1.47. The maximum Gasteiger partial charge on any atom is 0.165 e. The lowest BCUT2D eigenvalue weighted by atomic mass is 9.87. The van der Waals surface area contributed by atoms with Crippen molar-refractivity contribution in [2.24, 2.45) is 5.92 Å². The molecule has 3 nitrogen and oxygen atoms in total. The number of ether oxygens (including phenoxy) is 1. The van der Waals surface area contributed by atoms with E-state index in [0.717, 1.165) is 37.8 Å². The van der Waals surface area contributed by atoms with Gasteiger partial charge < -0.3 is 15.2 Å². The zero-order valence-electron chi connectivity index (χ0n) is 12.2. The maximum atomic E-state index is 13.7. The molecule has 0 spiro atoms. The third-order valence-electron chi connectivity index (χ3n) is 4.14. The third-order valence-corrected chi connectivity index (χ3v) is 4.14. The number of methoxy groups -OCH3 is 1. The van der Waals surface area contributed by atoms with Crippen LogP contribution in [-0.2, 0) is 0 Å². The lowest BCUT2D eigenvalue weighted by Crippen LogP contribution is -2.30. The van der Waals surface area contributed by atoms with Crippen LogP contribution in [0.4, 0.5) is 4.39 Å². The second kappa shape index (κ2) is 7.04. The fourth-order valence-corrected chi connectivity index (χ4v) is 2.86. The van der Waals surface area contributed by atoms with Gasteiger partial charge in [0.25, 0.3) is 0 Å². The Bertz CT molecular complexity index is 438. The van der Waals surface area contributed by atoms with Crippen LogP contribution in [0.1, 0.15) is 44.2 Å². The van der Waals surface area contributed by atoms with E-state index in [9.17, 15) is 9.50 Å². The van der Waals surface area contributed by atoms with Gasteiger partial charge in [-0.05, 0) is 56.3 Å². The molecule has 0 heterocycles. The molecular formula is C16H24FNO2. The van der Waals surface area contributed by atoms with E-state index in [-0.39, 0.29) is 23.7 Å². The Morgan fingerprint density at radius 1 is 1.45 bits per heavy atom. The Kier molecular flexibility index (Phi) is 5.38. The average Bonchev–Trinajstić information content (AvgIpc) is 2.44. The summed E-state index contributed by atoms with van der Waals surface area (Å²) in [6, 6.07) is 5.16. The van der Waals surface area contributed by atoms with Crippen molar-refractivity contribution in [1.29, 1.82) is 0 Å². The number of hydrogen-bond donors (Lipinski definition) is 2. The molecule has 3 atom stereocenters. The summed E-state index contributed by atoms with van der Waals surface area (Å²) in [5.41, 5.74) is 0.916. The molecule has 1 aliphatic carbocycles. The highest BCUT2D eigenvalue weighted by molar-refractivity contribution is 5.30. The zero-order valence-corrected chi connectivity index (χ0v) is 12.2. The quantitative estimate of drug-likeness (QED) is 0.871. The van der Waals surface area contributed by atoms with Gasteiger partial charge in [-0.1, -0.05) is 12.5 Å². The summed E-state index contributed by atoms with van der Waals surface area (Å²) in [4.78, 5) is 0. The standard InChI is InChI=1S/C16H24FNO2/c1-11(13-6-7-16(20-2)15(17)9-13)18-10-12-4-3-5-14(19)8-12/h6-7,9,11-12,14,18-19H,3-5,8,10H2,1-2H3. The monoisotopic (exact) mass is 281 g/mol. The number of aliphatic hydroxyl groups excluding tert-OH is 1. The van der Waals surface area contributed by atoms with Gasteiger partial charge in [-0.3, -0.25) is 0 Å². The smallest absolute Gasteiger partial charge is 0.165 e. The molecule has 3 unspecified atom stereocenters. The number of aliphatic hydroxyl groups is 1. The van der Waals surface area contributed by atoms with Gasteiger partial charge in [-0.2, -0.15) is 0 Å². The first kappa shape index (κ1) is 15.3. The summed E-state index contributed by atoms with van der Waals surface area (Å²) in [5.74, 6) is 0.465. The molecule has 4 heteroatoms.